The highest BCUT2D eigenvalue weighted by Gasteiger charge is 2.34. The largest absolute Gasteiger partial charge is 0.399 e. The smallest absolute Gasteiger partial charge is 0.253 e. The van der Waals surface area contributed by atoms with Crippen molar-refractivity contribution in [3.8, 4) is 0 Å². The fraction of sp³-hybridized carbons (Fsp3) is 0.533. The molecule has 0 radical (unpaired) electrons. The molecule has 1 aliphatic heterocycles. The van der Waals surface area contributed by atoms with E-state index in [1.807, 2.05) is 25.1 Å². The number of nitrogens with zero attached hydrogens (tertiary/aromatic N) is 1. The number of carbonyl (C=O) groups is 1. The number of nitrogen functional groups attached to an aromatic ring is 1. The van der Waals surface area contributed by atoms with Crippen LogP contribution in [0.25, 0.3) is 0 Å². The highest BCUT2D eigenvalue weighted by Crippen LogP contribution is 2.25. The average Bonchev–Trinajstić information content (AvgIpc) is 2.47. The van der Waals surface area contributed by atoms with Gasteiger partial charge in [-0.2, -0.15) is 0 Å². The molecule has 21 heavy (non-hydrogen) atoms. The van der Waals surface area contributed by atoms with E-state index in [1.54, 1.807) is 12.1 Å². The highest BCUT2D eigenvalue weighted by molar-refractivity contribution is 6.01. The van der Waals surface area contributed by atoms with Crippen molar-refractivity contribution >= 4 is 17.3 Å². The number of nitrogens with one attached hydrogen (secondary N) is 1. The van der Waals surface area contributed by atoms with Gasteiger partial charge >= 0.3 is 0 Å². The van der Waals surface area contributed by atoms with Crippen molar-refractivity contribution in [2.75, 3.05) is 44.5 Å². The molecule has 0 spiro atoms. The normalized spacial score (nSPS) is 17.3. The van der Waals surface area contributed by atoms with Gasteiger partial charge in [-0.05, 0) is 31.0 Å². The Morgan fingerprint density at radius 2 is 2.10 bits per heavy atom. The number of hydrogen-bond donors (Lipinski definition) is 3. The molecule has 1 aliphatic rings. The van der Waals surface area contributed by atoms with Crippen LogP contribution in [0.4, 0.5) is 11.4 Å². The monoisotopic (exact) mass is 293 g/mol. The lowest BCUT2D eigenvalue weighted by molar-refractivity contribution is 0.0125. The number of rotatable bonds is 4. The van der Waals surface area contributed by atoms with Crippen LogP contribution in [-0.2, 0) is 4.74 Å². The zero-order valence-electron chi connectivity index (χ0n) is 12.6. The minimum Gasteiger partial charge on any atom is -0.399 e. The van der Waals surface area contributed by atoms with Crippen LogP contribution in [0.5, 0.6) is 0 Å². The summed E-state index contributed by atoms with van der Waals surface area (Å²) < 4.78 is 5.30. The molecule has 1 heterocycles. The highest BCUT2D eigenvalue weighted by atomic mass is 16.5. The van der Waals surface area contributed by atoms with Gasteiger partial charge in [0.25, 0.3) is 5.91 Å². The van der Waals surface area contributed by atoms with Crippen molar-refractivity contribution in [2.45, 2.75) is 18.4 Å². The van der Waals surface area contributed by atoms with Crippen molar-refractivity contribution in [2.24, 2.45) is 0 Å². The van der Waals surface area contributed by atoms with Gasteiger partial charge < -0.3 is 25.8 Å². The number of ether oxygens (including phenoxy) is 1. The second kappa shape index (κ2) is 6.32. The topological polar surface area (TPSA) is 87.8 Å². The third-order valence-electron chi connectivity index (χ3n) is 3.88. The number of benzene rings is 1. The SMILES string of the molecule is CN(C)c1ccc(N)cc1C(=O)NC1(CO)CCOCC1. The Morgan fingerprint density at radius 1 is 1.43 bits per heavy atom. The van der Waals surface area contributed by atoms with Crippen LogP contribution in [0.15, 0.2) is 18.2 Å². The number of hydrogen-bond acceptors (Lipinski definition) is 5. The van der Waals surface area contributed by atoms with Crippen molar-refractivity contribution in [1.82, 2.24) is 5.32 Å². The Balaban J connectivity index is 2.25. The number of aliphatic hydroxyl groups is 1. The van der Waals surface area contributed by atoms with E-state index in [2.05, 4.69) is 5.32 Å². The lowest BCUT2D eigenvalue weighted by atomic mass is 9.90. The molecule has 1 aromatic rings. The maximum absolute atomic E-state index is 12.6. The number of nitrogens with two attached hydrogens (primary N) is 1. The van der Waals surface area contributed by atoms with E-state index in [0.717, 1.165) is 5.69 Å². The Morgan fingerprint density at radius 3 is 2.67 bits per heavy atom. The zero-order valence-corrected chi connectivity index (χ0v) is 12.6. The van der Waals surface area contributed by atoms with Gasteiger partial charge in [0.05, 0.1) is 17.7 Å². The summed E-state index contributed by atoms with van der Waals surface area (Å²) >= 11 is 0. The Bertz CT molecular complexity index is 511. The first-order chi connectivity index (χ1) is 9.97. The summed E-state index contributed by atoms with van der Waals surface area (Å²) in [6.07, 6.45) is 1.21. The van der Waals surface area contributed by atoms with Gasteiger partial charge in [0.2, 0.25) is 0 Å². The Kier molecular flexibility index (Phi) is 4.69. The molecule has 1 saturated heterocycles. The van der Waals surface area contributed by atoms with E-state index in [4.69, 9.17) is 10.5 Å². The molecule has 1 amide bonds. The third kappa shape index (κ3) is 3.46. The fourth-order valence-corrected chi connectivity index (χ4v) is 2.52. The van der Waals surface area contributed by atoms with Gasteiger partial charge in [-0.3, -0.25) is 4.79 Å². The quantitative estimate of drug-likeness (QED) is 0.708. The predicted octanol–water partition coefficient (Wildman–Crippen LogP) is 0.606. The number of aliphatic hydroxyl groups excluding tert-OH is 1. The van der Waals surface area contributed by atoms with Crippen molar-refractivity contribution < 1.29 is 14.6 Å². The van der Waals surface area contributed by atoms with Crippen LogP contribution in [0.3, 0.4) is 0 Å². The van der Waals surface area contributed by atoms with E-state index in [-0.39, 0.29) is 12.5 Å². The van der Waals surface area contributed by atoms with Crippen molar-refractivity contribution in [3.63, 3.8) is 0 Å². The summed E-state index contributed by atoms with van der Waals surface area (Å²) in [4.78, 5) is 14.5. The second-order valence-corrected chi connectivity index (χ2v) is 5.68. The van der Waals surface area contributed by atoms with Crippen LogP contribution in [-0.4, -0.2) is 50.5 Å². The number of amides is 1. The van der Waals surface area contributed by atoms with Crippen molar-refractivity contribution in [3.05, 3.63) is 23.8 Å². The molecule has 6 heteroatoms. The van der Waals surface area contributed by atoms with E-state index in [0.29, 0.717) is 37.3 Å². The Hall–Kier alpha value is -1.79. The molecule has 116 valence electrons. The van der Waals surface area contributed by atoms with Crippen LogP contribution < -0.4 is 16.0 Å². The molecular formula is C15H23N3O3. The lowest BCUT2D eigenvalue weighted by Gasteiger charge is -2.36. The van der Waals surface area contributed by atoms with Crippen LogP contribution in [0, 0.1) is 0 Å². The fourth-order valence-electron chi connectivity index (χ4n) is 2.52. The number of carbonyl (C=O) groups excluding carboxylic acids is 1. The molecule has 0 aromatic heterocycles. The van der Waals surface area contributed by atoms with Gasteiger partial charge in [-0.25, -0.2) is 0 Å². The average molecular weight is 293 g/mol. The minimum atomic E-state index is -0.608. The van der Waals surface area contributed by atoms with Crippen molar-refractivity contribution in [1.29, 1.82) is 0 Å². The van der Waals surface area contributed by atoms with E-state index in [1.165, 1.54) is 0 Å². The molecule has 2 rings (SSSR count). The zero-order chi connectivity index (χ0) is 15.5. The van der Waals surface area contributed by atoms with Crippen LogP contribution >= 0.6 is 0 Å². The molecule has 0 saturated carbocycles. The summed E-state index contributed by atoms with van der Waals surface area (Å²) in [7, 11) is 3.75. The van der Waals surface area contributed by atoms with Crippen LogP contribution in [0.1, 0.15) is 23.2 Å². The maximum atomic E-state index is 12.6. The molecule has 4 N–H and O–H groups in total. The lowest BCUT2D eigenvalue weighted by Crippen LogP contribution is -2.54. The van der Waals surface area contributed by atoms with Gasteiger partial charge in [0.15, 0.2) is 0 Å². The first-order valence-electron chi connectivity index (χ1n) is 7.05. The molecule has 0 bridgehead atoms. The molecular weight excluding hydrogens is 270 g/mol. The molecule has 1 aromatic carbocycles. The molecule has 0 aliphatic carbocycles. The summed E-state index contributed by atoms with van der Waals surface area (Å²) in [5.41, 5.74) is 7.03. The Labute approximate surface area is 124 Å². The van der Waals surface area contributed by atoms with E-state index < -0.39 is 5.54 Å². The molecule has 0 atom stereocenters. The first-order valence-corrected chi connectivity index (χ1v) is 7.05. The summed E-state index contributed by atoms with van der Waals surface area (Å²) in [6.45, 7) is 0.984. The number of anilines is 2. The van der Waals surface area contributed by atoms with E-state index >= 15 is 0 Å². The standard InChI is InChI=1S/C15H23N3O3/c1-18(2)13-4-3-11(16)9-12(13)14(20)17-15(10-19)5-7-21-8-6-15/h3-4,9,19H,5-8,10,16H2,1-2H3,(H,17,20). The summed E-state index contributed by atoms with van der Waals surface area (Å²) in [6, 6.07) is 5.25. The van der Waals surface area contributed by atoms with Gasteiger partial charge in [-0.15, -0.1) is 0 Å². The minimum absolute atomic E-state index is 0.0955. The first kappa shape index (κ1) is 15.6. The maximum Gasteiger partial charge on any atom is 0.253 e. The summed E-state index contributed by atoms with van der Waals surface area (Å²) in [5, 5.41) is 12.6. The third-order valence-corrected chi connectivity index (χ3v) is 3.88. The molecule has 6 nitrogen and oxygen atoms in total. The molecule has 1 fully saturated rings. The summed E-state index contributed by atoms with van der Waals surface area (Å²) in [5.74, 6) is -0.220. The van der Waals surface area contributed by atoms with Crippen LogP contribution in [0.2, 0.25) is 0 Å². The molecule has 0 unspecified atom stereocenters. The second-order valence-electron chi connectivity index (χ2n) is 5.68. The predicted molar refractivity (Wildman–Crippen MR) is 82.5 cm³/mol. The van der Waals surface area contributed by atoms with Gasteiger partial charge in [-0.1, -0.05) is 0 Å². The van der Waals surface area contributed by atoms with E-state index in [9.17, 15) is 9.90 Å². The van der Waals surface area contributed by atoms with Gasteiger partial charge in [0.1, 0.15) is 0 Å². The van der Waals surface area contributed by atoms with Gasteiger partial charge in [0, 0.05) is 38.7 Å².